The average molecular weight is 406 g/mol. The first-order valence-corrected chi connectivity index (χ1v) is 9.99. The molecule has 1 aliphatic heterocycles. The van der Waals surface area contributed by atoms with Gasteiger partial charge in [-0.3, -0.25) is 9.59 Å². The number of anilines is 1. The Bertz CT molecular complexity index is 1080. The van der Waals surface area contributed by atoms with Crippen LogP contribution in [-0.4, -0.2) is 28.1 Å². The number of aryl methyl sites for hydroxylation is 2. The minimum absolute atomic E-state index is 0.0629. The Labute approximate surface area is 174 Å². The fraction of sp³-hybridized carbons (Fsp3) is 0.261. The number of fused-ring (bicyclic) bond motifs is 1. The summed E-state index contributed by atoms with van der Waals surface area (Å²) >= 11 is 0. The second-order valence-electron chi connectivity index (χ2n) is 7.45. The Balaban J connectivity index is 1.34. The van der Waals surface area contributed by atoms with E-state index < -0.39 is 11.7 Å². The Hall–Kier alpha value is -3.48. The summed E-state index contributed by atoms with van der Waals surface area (Å²) in [5.74, 6) is -1.54. The first kappa shape index (κ1) is 19.8. The molecule has 0 spiro atoms. The highest BCUT2D eigenvalue weighted by Gasteiger charge is 2.30. The van der Waals surface area contributed by atoms with Crippen molar-refractivity contribution in [1.82, 2.24) is 15.1 Å². The molecule has 0 saturated carbocycles. The summed E-state index contributed by atoms with van der Waals surface area (Å²) in [4.78, 5) is 24.6. The highest BCUT2D eigenvalue weighted by molar-refractivity contribution is 6.01. The van der Waals surface area contributed by atoms with Crippen molar-refractivity contribution in [2.45, 2.75) is 32.1 Å². The zero-order chi connectivity index (χ0) is 21.1. The van der Waals surface area contributed by atoms with Gasteiger partial charge in [0.2, 0.25) is 11.8 Å². The summed E-state index contributed by atoms with van der Waals surface area (Å²) < 4.78 is 15.3. The zero-order valence-electron chi connectivity index (χ0n) is 16.7. The lowest BCUT2D eigenvalue weighted by atomic mass is 9.89. The van der Waals surface area contributed by atoms with E-state index in [-0.39, 0.29) is 18.2 Å². The van der Waals surface area contributed by atoms with Crippen LogP contribution >= 0.6 is 0 Å². The molecule has 2 amide bonds. The van der Waals surface area contributed by atoms with Crippen molar-refractivity contribution in [3.8, 4) is 5.69 Å². The van der Waals surface area contributed by atoms with Crippen molar-refractivity contribution in [3.05, 3.63) is 77.4 Å². The number of nitrogens with one attached hydrogen (secondary N) is 2. The van der Waals surface area contributed by atoms with Gasteiger partial charge in [-0.05, 0) is 55.2 Å². The van der Waals surface area contributed by atoms with Gasteiger partial charge in [-0.2, -0.15) is 5.10 Å². The summed E-state index contributed by atoms with van der Waals surface area (Å²) in [5, 5.41) is 10.1. The van der Waals surface area contributed by atoms with E-state index in [1.807, 2.05) is 48.1 Å². The Kier molecular flexibility index (Phi) is 5.61. The van der Waals surface area contributed by atoms with E-state index in [2.05, 4.69) is 15.7 Å². The Morgan fingerprint density at radius 2 is 2.07 bits per heavy atom. The molecule has 0 aliphatic carbocycles. The van der Waals surface area contributed by atoms with Crippen molar-refractivity contribution in [2.75, 3.05) is 11.9 Å². The van der Waals surface area contributed by atoms with Gasteiger partial charge in [-0.1, -0.05) is 24.3 Å². The third-order valence-corrected chi connectivity index (χ3v) is 5.31. The molecule has 2 aromatic carbocycles. The lowest BCUT2D eigenvalue weighted by Crippen LogP contribution is -2.35. The van der Waals surface area contributed by atoms with Crippen LogP contribution in [0.5, 0.6) is 0 Å². The van der Waals surface area contributed by atoms with E-state index >= 15 is 0 Å². The molecule has 6 nitrogen and oxygen atoms in total. The number of rotatable bonds is 6. The van der Waals surface area contributed by atoms with Crippen molar-refractivity contribution in [2.24, 2.45) is 0 Å². The highest BCUT2D eigenvalue weighted by Crippen LogP contribution is 2.32. The number of halogens is 1. The van der Waals surface area contributed by atoms with Gasteiger partial charge in [0, 0.05) is 24.8 Å². The molecule has 3 aromatic rings. The molecule has 30 heavy (non-hydrogen) atoms. The summed E-state index contributed by atoms with van der Waals surface area (Å²) in [6, 6.07) is 14.0. The van der Waals surface area contributed by atoms with Crippen molar-refractivity contribution in [3.63, 3.8) is 0 Å². The Morgan fingerprint density at radius 1 is 1.27 bits per heavy atom. The Morgan fingerprint density at radius 3 is 2.87 bits per heavy atom. The summed E-state index contributed by atoms with van der Waals surface area (Å²) in [6.45, 7) is 2.47. The van der Waals surface area contributed by atoms with Crippen LogP contribution < -0.4 is 10.6 Å². The maximum atomic E-state index is 13.4. The standard InChI is InChI=1S/C23H23FN4O2/c1-15-16(14-28(27-15)18-7-3-2-4-8-18)6-5-11-25-23(30)20-13-22(29)26-21-12-17(24)9-10-19(20)21/h2-4,7-10,12,14,20H,5-6,11,13H2,1H3,(H,25,30)(H,26,29). The quantitative estimate of drug-likeness (QED) is 0.615. The van der Waals surface area contributed by atoms with E-state index in [1.54, 1.807) is 6.07 Å². The normalized spacial score (nSPS) is 15.4. The van der Waals surface area contributed by atoms with Crippen LogP contribution in [0.4, 0.5) is 10.1 Å². The third-order valence-electron chi connectivity index (χ3n) is 5.31. The molecule has 154 valence electrons. The minimum Gasteiger partial charge on any atom is -0.356 e. The van der Waals surface area contributed by atoms with Gasteiger partial charge in [0.1, 0.15) is 5.82 Å². The number of aromatic nitrogens is 2. The smallest absolute Gasteiger partial charge is 0.228 e. The molecular weight excluding hydrogens is 383 g/mol. The predicted octanol–water partition coefficient (Wildman–Crippen LogP) is 3.49. The first-order chi connectivity index (χ1) is 14.5. The van der Waals surface area contributed by atoms with Crippen molar-refractivity contribution in [1.29, 1.82) is 0 Å². The maximum Gasteiger partial charge on any atom is 0.228 e. The number of amides is 2. The second-order valence-corrected chi connectivity index (χ2v) is 7.45. The van der Waals surface area contributed by atoms with Crippen LogP contribution in [0.2, 0.25) is 0 Å². The van der Waals surface area contributed by atoms with Crippen LogP contribution in [0.1, 0.15) is 35.6 Å². The third kappa shape index (κ3) is 4.25. The van der Waals surface area contributed by atoms with E-state index in [4.69, 9.17) is 0 Å². The van der Waals surface area contributed by atoms with Crippen LogP contribution in [0.3, 0.4) is 0 Å². The van der Waals surface area contributed by atoms with Crippen LogP contribution in [0.25, 0.3) is 5.69 Å². The van der Waals surface area contributed by atoms with Gasteiger partial charge in [0.05, 0.1) is 17.3 Å². The van der Waals surface area contributed by atoms with E-state index in [1.165, 1.54) is 12.1 Å². The van der Waals surface area contributed by atoms with Gasteiger partial charge in [-0.25, -0.2) is 9.07 Å². The lowest BCUT2D eigenvalue weighted by Gasteiger charge is -2.24. The summed E-state index contributed by atoms with van der Waals surface area (Å²) in [5.41, 5.74) is 4.12. The van der Waals surface area contributed by atoms with Gasteiger partial charge in [0.15, 0.2) is 0 Å². The van der Waals surface area contributed by atoms with E-state index in [0.717, 1.165) is 29.8 Å². The number of carbonyl (C=O) groups excluding carboxylic acids is 2. The minimum atomic E-state index is -0.600. The molecule has 0 bridgehead atoms. The molecule has 2 N–H and O–H groups in total. The molecule has 4 rings (SSSR count). The van der Waals surface area contributed by atoms with Crippen LogP contribution in [0, 0.1) is 12.7 Å². The zero-order valence-corrected chi connectivity index (χ0v) is 16.7. The molecule has 1 unspecified atom stereocenters. The molecule has 0 saturated heterocycles. The monoisotopic (exact) mass is 406 g/mol. The number of hydrogen-bond donors (Lipinski definition) is 2. The van der Waals surface area contributed by atoms with Crippen LogP contribution in [0.15, 0.2) is 54.7 Å². The largest absolute Gasteiger partial charge is 0.356 e. The highest BCUT2D eigenvalue weighted by atomic mass is 19.1. The number of hydrogen-bond acceptors (Lipinski definition) is 3. The number of benzene rings is 2. The van der Waals surface area contributed by atoms with E-state index in [0.29, 0.717) is 17.8 Å². The summed E-state index contributed by atoms with van der Waals surface area (Å²) in [6.07, 6.45) is 3.62. The predicted molar refractivity (Wildman–Crippen MR) is 112 cm³/mol. The first-order valence-electron chi connectivity index (χ1n) is 9.99. The van der Waals surface area contributed by atoms with Gasteiger partial charge >= 0.3 is 0 Å². The molecule has 7 heteroatoms. The molecular formula is C23H23FN4O2. The van der Waals surface area contributed by atoms with Crippen molar-refractivity contribution < 1.29 is 14.0 Å². The molecule has 1 aliphatic rings. The SMILES string of the molecule is Cc1nn(-c2ccccc2)cc1CCCNC(=O)C1CC(=O)Nc2cc(F)ccc21. The fourth-order valence-corrected chi connectivity index (χ4v) is 3.74. The van der Waals surface area contributed by atoms with Crippen molar-refractivity contribution >= 4 is 17.5 Å². The number of carbonyl (C=O) groups is 2. The van der Waals surface area contributed by atoms with Crippen LogP contribution in [-0.2, 0) is 16.0 Å². The molecule has 1 atom stereocenters. The topological polar surface area (TPSA) is 76.0 Å². The number of nitrogens with zero attached hydrogens (tertiary/aromatic N) is 2. The second kappa shape index (κ2) is 8.49. The molecule has 2 heterocycles. The summed E-state index contributed by atoms with van der Waals surface area (Å²) in [7, 11) is 0. The molecule has 0 radical (unpaired) electrons. The average Bonchev–Trinajstić information content (AvgIpc) is 3.11. The molecule has 0 fully saturated rings. The number of para-hydroxylation sites is 1. The fourth-order valence-electron chi connectivity index (χ4n) is 3.74. The molecule has 1 aromatic heterocycles. The van der Waals surface area contributed by atoms with Gasteiger partial charge < -0.3 is 10.6 Å². The lowest BCUT2D eigenvalue weighted by molar-refractivity contribution is -0.126. The van der Waals surface area contributed by atoms with E-state index in [9.17, 15) is 14.0 Å². The van der Waals surface area contributed by atoms with Gasteiger partial charge in [-0.15, -0.1) is 0 Å². The van der Waals surface area contributed by atoms with Gasteiger partial charge in [0.25, 0.3) is 0 Å². The maximum absolute atomic E-state index is 13.4.